The first-order valence-corrected chi connectivity index (χ1v) is 10.6. The Morgan fingerprint density at radius 2 is 2.03 bits per heavy atom. The number of rotatable bonds is 8. The number of hydrogen-bond acceptors (Lipinski definition) is 7. The number of amides is 1. The van der Waals surface area contributed by atoms with Crippen LogP contribution in [0.3, 0.4) is 0 Å². The van der Waals surface area contributed by atoms with Crippen molar-refractivity contribution in [1.29, 1.82) is 0 Å². The number of aromatic nitrogens is 3. The molecule has 3 heterocycles. The summed E-state index contributed by atoms with van der Waals surface area (Å²) in [5.74, 6) is 1.07. The van der Waals surface area contributed by atoms with Crippen LogP contribution in [-0.2, 0) is 22.5 Å². The van der Waals surface area contributed by atoms with Gasteiger partial charge in [0.15, 0.2) is 5.69 Å². The zero-order chi connectivity index (χ0) is 22.5. The van der Waals surface area contributed by atoms with Crippen molar-refractivity contribution < 1.29 is 18.7 Å². The fourth-order valence-electron chi connectivity index (χ4n) is 4.03. The Labute approximate surface area is 186 Å². The maximum absolute atomic E-state index is 13.1. The van der Waals surface area contributed by atoms with E-state index in [9.17, 15) is 9.59 Å². The van der Waals surface area contributed by atoms with E-state index in [1.165, 1.54) is 12.7 Å². The molecule has 0 radical (unpaired) electrons. The molecule has 0 unspecified atom stereocenters. The van der Waals surface area contributed by atoms with Crippen LogP contribution < -0.4 is 5.32 Å². The van der Waals surface area contributed by atoms with Gasteiger partial charge in [-0.15, -0.1) is 5.10 Å². The van der Waals surface area contributed by atoms with Crippen molar-refractivity contribution in [3.63, 3.8) is 0 Å². The molecule has 0 spiro atoms. The fourth-order valence-corrected chi connectivity index (χ4v) is 4.03. The van der Waals surface area contributed by atoms with Crippen molar-refractivity contribution in [3.8, 4) is 0 Å². The Morgan fingerprint density at radius 1 is 1.22 bits per heavy atom. The first kappa shape index (κ1) is 21.8. The molecule has 1 saturated heterocycles. The molecule has 2 atom stereocenters. The van der Waals surface area contributed by atoms with Gasteiger partial charge >= 0.3 is 5.97 Å². The number of aryl methyl sites for hydroxylation is 1. The standard InChI is InChI=1S/C23H27N5O4/c1-16-8-9-19(32-16)14-27-13-18(28-15-20(25-26-28)23(30)31-2)12-21(27)22(29)24-11-10-17-6-4-3-5-7-17/h3-9,15,18,21H,10-14H2,1-2H3,(H,24,29)/t18-,21-/m0/s1. The topological polar surface area (TPSA) is 102 Å². The Balaban J connectivity index is 1.44. The normalized spacial score (nSPS) is 18.6. The van der Waals surface area contributed by atoms with Gasteiger partial charge < -0.3 is 14.5 Å². The minimum atomic E-state index is -0.535. The van der Waals surface area contributed by atoms with Crippen LogP contribution in [0.1, 0.15) is 40.0 Å². The molecule has 1 aliphatic heterocycles. The summed E-state index contributed by atoms with van der Waals surface area (Å²) in [7, 11) is 1.31. The average Bonchev–Trinajstić information content (AvgIpc) is 3.54. The van der Waals surface area contributed by atoms with E-state index in [0.717, 1.165) is 17.9 Å². The molecule has 168 valence electrons. The van der Waals surface area contributed by atoms with Crippen molar-refractivity contribution in [2.45, 2.75) is 38.4 Å². The van der Waals surface area contributed by atoms with Gasteiger partial charge in [0, 0.05) is 13.1 Å². The molecule has 1 aliphatic rings. The van der Waals surface area contributed by atoms with E-state index in [2.05, 4.69) is 20.5 Å². The molecule has 1 aromatic carbocycles. The van der Waals surface area contributed by atoms with Gasteiger partial charge in [0.2, 0.25) is 5.91 Å². The van der Waals surface area contributed by atoms with Crippen LogP contribution in [0, 0.1) is 6.92 Å². The predicted octanol–water partition coefficient (Wildman–Crippen LogP) is 2.14. The van der Waals surface area contributed by atoms with E-state index in [4.69, 9.17) is 9.15 Å². The minimum absolute atomic E-state index is 0.0278. The molecular formula is C23H27N5O4. The summed E-state index contributed by atoms with van der Waals surface area (Å²) in [5.41, 5.74) is 1.33. The third kappa shape index (κ3) is 5.05. The van der Waals surface area contributed by atoms with Crippen molar-refractivity contribution in [3.05, 3.63) is 71.4 Å². The summed E-state index contributed by atoms with van der Waals surface area (Å²) >= 11 is 0. The summed E-state index contributed by atoms with van der Waals surface area (Å²) in [6.45, 7) is 3.56. The SMILES string of the molecule is COC(=O)c1cn([C@H]2C[C@@H](C(=O)NCCc3ccccc3)N(Cc3ccc(C)o3)C2)nn1. The molecule has 0 aliphatic carbocycles. The number of ether oxygens (including phenoxy) is 1. The highest BCUT2D eigenvalue weighted by atomic mass is 16.5. The maximum atomic E-state index is 13.1. The number of nitrogens with zero attached hydrogens (tertiary/aromatic N) is 4. The van der Waals surface area contributed by atoms with Crippen LogP contribution in [0.5, 0.6) is 0 Å². The molecule has 9 nitrogen and oxygen atoms in total. The van der Waals surface area contributed by atoms with Crippen LogP contribution >= 0.6 is 0 Å². The van der Waals surface area contributed by atoms with Gasteiger partial charge in [0.05, 0.1) is 31.9 Å². The second-order valence-electron chi connectivity index (χ2n) is 7.95. The molecular weight excluding hydrogens is 410 g/mol. The van der Waals surface area contributed by atoms with E-state index in [-0.39, 0.29) is 23.7 Å². The number of nitrogens with one attached hydrogen (secondary N) is 1. The third-order valence-corrected chi connectivity index (χ3v) is 5.67. The largest absolute Gasteiger partial charge is 0.465 e. The lowest BCUT2D eigenvalue weighted by Gasteiger charge is -2.22. The first-order valence-electron chi connectivity index (χ1n) is 10.6. The van der Waals surface area contributed by atoms with Gasteiger partial charge in [-0.3, -0.25) is 9.69 Å². The van der Waals surface area contributed by atoms with Crippen LogP contribution in [-0.4, -0.2) is 58.0 Å². The minimum Gasteiger partial charge on any atom is -0.465 e. The Hall–Kier alpha value is -3.46. The van der Waals surface area contributed by atoms with Gasteiger partial charge in [-0.25, -0.2) is 9.48 Å². The lowest BCUT2D eigenvalue weighted by molar-refractivity contribution is -0.125. The van der Waals surface area contributed by atoms with E-state index in [0.29, 0.717) is 26.1 Å². The average molecular weight is 438 g/mol. The summed E-state index contributed by atoms with van der Waals surface area (Å²) in [6, 6.07) is 13.5. The molecule has 0 bridgehead atoms. The van der Waals surface area contributed by atoms with E-state index in [1.54, 1.807) is 10.9 Å². The van der Waals surface area contributed by atoms with Crippen LogP contribution in [0.4, 0.5) is 0 Å². The zero-order valence-corrected chi connectivity index (χ0v) is 18.2. The maximum Gasteiger partial charge on any atom is 0.360 e. The van der Waals surface area contributed by atoms with Gasteiger partial charge in [-0.1, -0.05) is 35.5 Å². The number of carbonyl (C=O) groups is 2. The number of likely N-dealkylation sites (tertiary alicyclic amines) is 1. The highest BCUT2D eigenvalue weighted by Crippen LogP contribution is 2.29. The number of methoxy groups -OCH3 is 1. The second-order valence-corrected chi connectivity index (χ2v) is 7.95. The smallest absolute Gasteiger partial charge is 0.360 e. The fraction of sp³-hybridized carbons (Fsp3) is 0.391. The molecule has 0 saturated carbocycles. The van der Waals surface area contributed by atoms with Crippen molar-refractivity contribution in [2.24, 2.45) is 0 Å². The number of hydrogen-bond donors (Lipinski definition) is 1. The quantitative estimate of drug-likeness (QED) is 0.539. The van der Waals surface area contributed by atoms with Crippen molar-refractivity contribution in [2.75, 3.05) is 20.2 Å². The summed E-state index contributed by atoms with van der Waals surface area (Å²) in [4.78, 5) is 26.9. The Kier molecular flexibility index (Phi) is 6.65. The van der Waals surface area contributed by atoms with E-state index >= 15 is 0 Å². The first-order chi connectivity index (χ1) is 15.5. The number of furan rings is 1. The molecule has 1 amide bonds. The molecule has 4 rings (SSSR count). The summed E-state index contributed by atoms with van der Waals surface area (Å²) in [5, 5.41) is 11.1. The summed E-state index contributed by atoms with van der Waals surface area (Å²) in [6.07, 6.45) is 2.90. The monoisotopic (exact) mass is 437 g/mol. The van der Waals surface area contributed by atoms with Gasteiger partial charge in [-0.2, -0.15) is 0 Å². The molecule has 9 heteroatoms. The second kappa shape index (κ2) is 9.78. The molecule has 3 aromatic rings. The third-order valence-electron chi connectivity index (χ3n) is 5.67. The predicted molar refractivity (Wildman–Crippen MR) is 116 cm³/mol. The van der Waals surface area contributed by atoms with Gasteiger partial charge in [-0.05, 0) is 37.5 Å². The number of benzene rings is 1. The van der Waals surface area contributed by atoms with Crippen molar-refractivity contribution >= 4 is 11.9 Å². The van der Waals surface area contributed by atoms with Crippen LogP contribution in [0.2, 0.25) is 0 Å². The molecule has 32 heavy (non-hydrogen) atoms. The zero-order valence-electron chi connectivity index (χ0n) is 18.2. The molecule has 1 fully saturated rings. The highest BCUT2D eigenvalue weighted by Gasteiger charge is 2.38. The lowest BCUT2D eigenvalue weighted by atomic mass is 10.1. The van der Waals surface area contributed by atoms with Crippen molar-refractivity contribution in [1.82, 2.24) is 25.2 Å². The van der Waals surface area contributed by atoms with Crippen LogP contribution in [0.15, 0.2) is 53.1 Å². The molecule has 1 N–H and O–H groups in total. The number of esters is 1. The highest BCUT2D eigenvalue weighted by molar-refractivity contribution is 5.86. The van der Waals surface area contributed by atoms with Crippen LogP contribution in [0.25, 0.3) is 0 Å². The van der Waals surface area contributed by atoms with Gasteiger partial charge in [0.25, 0.3) is 0 Å². The van der Waals surface area contributed by atoms with Gasteiger partial charge in [0.1, 0.15) is 11.5 Å². The number of carbonyl (C=O) groups excluding carboxylic acids is 2. The lowest BCUT2D eigenvalue weighted by Crippen LogP contribution is -2.43. The summed E-state index contributed by atoms with van der Waals surface area (Å²) < 4.78 is 12.1. The Bertz CT molecular complexity index is 1060. The molecule has 2 aromatic heterocycles. The Morgan fingerprint density at radius 3 is 2.75 bits per heavy atom. The van der Waals surface area contributed by atoms with E-state index < -0.39 is 5.97 Å². The van der Waals surface area contributed by atoms with E-state index in [1.807, 2.05) is 49.4 Å².